The molecule has 6 heteroatoms. The van der Waals surface area contributed by atoms with E-state index in [-0.39, 0.29) is 24.0 Å². The second-order valence-corrected chi connectivity index (χ2v) is 6.94. The van der Waals surface area contributed by atoms with Gasteiger partial charge in [0.2, 0.25) is 5.89 Å². The van der Waals surface area contributed by atoms with Crippen LogP contribution in [0.4, 0.5) is 0 Å². The van der Waals surface area contributed by atoms with E-state index in [1.807, 2.05) is 13.8 Å². The Bertz CT molecular complexity index is 500. The number of aromatic nitrogens is 1. The van der Waals surface area contributed by atoms with E-state index in [1.165, 1.54) is 25.7 Å². The number of rotatable bonds is 5. The molecule has 1 fully saturated rings. The molecule has 1 heterocycles. The van der Waals surface area contributed by atoms with E-state index in [2.05, 4.69) is 41.4 Å². The van der Waals surface area contributed by atoms with Crippen molar-refractivity contribution in [3.63, 3.8) is 0 Å². The molecule has 0 bridgehead atoms. The van der Waals surface area contributed by atoms with Crippen LogP contribution in [0.1, 0.15) is 63.8 Å². The van der Waals surface area contributed by atoms with Gasteiger partial charge in [-0.1, -0.05) is 13.8 Å². The van der Waals surface area contributed by atoms with Gasteiger partial charge in [-0.3, -0.25) is 0 Å². The first kappa shape index (κ1) is 21.3. The van der Waals surface area contributed by atoms with E-state index in [4.69, 9.17) is 4.42 Å². The highest BCUT2D eigenvalue weighted by atomic mass is 127. The maximum Gasteiger partial charge on any atom is 0.216 e. The summed E-state index contributed by atoms with van der Waals surface area (Å²) in [6.45, 7) is 12.0. The molecule has 0 unspecified atom stereocenters. The lowest BCUT2D eigenvalue weighted by molar-refractivity contribution is 0.250. The zero-order chi connectivity index (χ0) is 16.8. The van der Waals surface area contributed by atoms with Crippen LogP contribution in [0.15, 0.2) is 9.41 Å². The van der Waals surface area contributed by atoms with Crippen LogP contribution in [-0.2, 0) is 6.54 Å². The predicted octanol–water partition coefficient (Wildman–Crippen LogP) is 4.18. The summed E-state index contributed by atoms with van der Waals surface area (Å²) in [5, 5.41) is 6.90. The first-order chi connectivity index (χ1) is 11.0. The molecule has 0 aromatic carbocycles. The SMILES string of the molecule is CCNC(=NCc1nc(C)c(C)o1)NC1CCC(C(C)C)CC1.I. The maximum absolute atomic E-state index is 5.60. The Balaban J connectivity index is 0.00000288. The Morgan fingerprint density at radius 3 is 2.42 bits per heavy atom. The van der Waals surface area contributed by atoms with Gasteiger partial charge in [-0.15, -0.1) is 24.0 Å². The third-order valence-electron chi connectivity index (χ3n) is 4.84. The summed E-state index contributed by atoms with van der Waals surface area (Å²) in [4.78, 5) is 9.01. The van der Waals surface area contributed by atoms with Gasteiger partial charge in [-0.2, -0.15) is 0 Å². The molecular formula is C18H33IN4O. The van der Waals surface area contributed by atoms with E-state index >= 15 is 0 Å². The Morgan fingerprint density at radius 1 is 1.25 bits per heavy atom. The third-order valence-corrected chi connectivity index (χ3v) is 4.84. The second kappa shape index (κ2) is 10.3. The highest BCUT2D eigenvalue weighted by Gasteiger charge is 2.23. The minimum absolute atomic E-state index is 0. The Morgan fingerprint density at radius 2 is 1.92 bits per heavy atom. The lowest BCUT2D eigenvalue weighted by Crippen LogP contribution is -2.45. The van der Waals surface area contributed by atoms with Crippen molar-refractivity contribution in [2.75, 3.05) is 6.54 Å². The molecule has 138 valence electrons. The molecule has 1 aromatic heterocycles. The summed E-state index contributed by atoms with van der Waals surface area (Å²) in [5.41, 5.74) is 0.945. The average Bonchev–Trinajstić information content (AvgIpc) is 2.84. The molecule has 2 N–H and O–H groups in total. The fourth-order valence-corrected chi connectivity index (χ4v) is 3.20. The normalized spacial score (nSPS) is 21.5. The van der Waals surface area contributed by atoms with Crippen molar-refractivity contribution in [2.24, 2.45) is 16.8 Å². The van der Waals surface area contributed by atoms with Crippen LogP contribution in [0.25, 0.3) is 0 Å². The monoisotopic (exact) mass is 448 g/mol. The molecule has 5 nitrogen and oxygen atoms in total. The molecule has 0 amide bonds. The van der Waals surface area contributed by atoms with Crippen LogP contribution >= 0.6 is 24.0 Å². The minimum Gasteiger partial charge on any atom is -0.444 e. The van der Waals surface area contributed by atoms with Crippen LogP contribution in [0.3, 0.4) is 0 Å². The number of oxazole rings is 1. The zero-order valence-corrected chi connectivity index (χ0v) is 18.0. The van der Waals surface area contributed by atoms with Gasteiger partial charge in [0.15, 0.2) is 5.96 Å². The standard InChI is InChI=1S/C18H32N4O.HI/c1-6-19-18(20-11-17-21-13(4)14(5)23-17)22-16-9-7-15(8-10-16)12(2)3;/h12,15-16H,6-11H2,1-5H3,(H2,19,20,22);1H. The van der Waals surface area contributed by atoms with Crippen molar-refractivity contribution in [3.8, 4) is 0 Å². The minimum atomic E-state index is 0. The van der Waals surface area contributed by atoms with Crippen LogP contribution in [0, 0.1) is 25.7 Å². The van der Waals surface area contributed by atoms with Gasteiger partial charge >= 0.3 is 0 Å². The van der Waals surface area contributed by atoms with E-state index < -0.39 is 0 Å². The number of guanidine groups is 1. The second-order valence-electron chi connectivity index (χ2n) is 6.94. The van der Waals surface area contributed by atoms with Crippen molar-refractivity contribution in [3.05, 3.63) is 17.3 Å². The molecule has 1 aliphatic rings. The van der Waals surface area contributed by atoms with Crippen molar-refractivity contribution < 1.29 is 4.42 Å². The number of aryl methyl sites for hydroxylation is 2. The summed E-state index contributed by atoms with van der Waals surface area (Å²) in [7, 11) is 0. The van der Waals surface area contributed by atoms with Crippen molar-refractivity contribution in [2.45, 2.75) is 72.9 Å². The summed E-state index contributed by atoms with van der Waals surface area (Å²) in [5.74, 6) is 4.11. The van der Waals surface area contributed by atoms with E-state index in [0.717, 1.165) is 35.8 Å². The van der Waals surface area contributed by atoms with Gasteiger partial charge in [0.1, 0.15) is 12.3 Å². The van der Waals surface area contributed by atoms with E-state index in [0.29, 0.717) is 18.5 Å². The smallest absolute Gasteiger partial charge is 0.216 e. The molecule has 0 spiro atoms. The van der Waals surface area contributed by atoms with Gasteiger partial charge in [-0.05, 0) is 58.3 Å². The van der Waals surface area contributed by atoms with E-state index in [1.54, 1.807) is 0 Å². The quantitative estimate of drug-likeness (QED) is 0.403. The Hall–Kier alpha value is -0.790. The molecule has 2 rings (SSSR count). The van der Waals surface area contributed by atoms with Gasteiger partial charge in [0.05, 0.1) is 5.69 Å². The number of aliphatic imine (C=N–C) groups is 1. The first-order valence-corrected chi connectivity index (χ1v) is 8.97. The van der Waals surface area contributed by atoms with Crippen LogP contribution in [-0.4, -0.2) is 23.5 Å². The lowest BCUT2D eigenvalue weighted by Gasteiger charge is -2.32. The predicted molar refractivity (Wildman–Crippen MR) is 110 cm³/mol. The Labute approximate surface area is 163 Å². The molecule has 0 radical (unpaired) electrons. The molecule has 1 saturated carbocycles. The van der Waals surface area contributed by atoms with Crippen molar-refractivity contribution in [1.82, 2.24) is 15.6 Å². The van der Waals surface area contributed by atoms with Gasteiger partial charge in [-0.25, -0.2) is 9.98 Å². The number of nitrogens with one attached hydrogen (secondary N) is 2. The van der Waals surface area contributed by atoms with Crippen LogP contribution < -0.4 is 10.6 Å². The summed E-state index contributed by atoms with van der Waals surface area (Å²) < 4.78 is 5.60. The Kier molecular flexibility index (Phi) is 9.08. The molecular weight excluding hydrogens is 415 g/mol. The average molecular weight is 448 g/mol. The highest BCUT2D eigenvalue weighted by Crippen LogP contribution is 2.29. The summed E-state index contributed by atoms with van der Waals surface area (Å²) in [6, 6.07) is 0.524. The molecule has 0 saturated heterocycles. The maximum atomic E-state index is 5.60. The fraction of sp³-hybridized carbons (Fsp3) is 0.778. The van der Waals surface area contributed by atoms with E-state index in [9.17, 15) is 0 Å². The topological polar surface area (TPSA) is 62.5 Å². The number of nitrogens with zero attached hydrogens (tertiary/aromatic N) is 2. The zero-order valence-electron chi connectivity index (χ0n) is 15.7. The molecule has 0 aliphatic heterocycles. The lowest BCUT2D eigenvalue weighted by atomic mass is 9.80. The summed E-state index contributed by atoms with van der Waals surface area (Å²) >= 11 is 0. The molecule has 1 aliphatic carbocycles. The molecule has 0 atom stereocenters. The van der Waals surface area contributed by atoms with Gasteiger partial charge in [0, 0.05) is 12.6 Å². The van der Waals surface area contributed by atoms with Crippen molar-refractivity contribution >= 4 is 29.9 Å². The largest absolute Gasteiger partial charge is 0.444 e. The number of halogens is 1. The van der Waals surface area contributed by atoms with Crippen LogP contribution in [0.2, 0.25) is 0 Å². The third kappa shape index (κ3) is 6.26. The number of hydrogen-bond acceptors (Lipinski definition) is 3. The number of hydrogen-bond donors (Lipinski definition) is 2. The van der Waals surface area contributed by atoms with Gasteiger partial charge in [0.25, 0.3) is 0 Å². The van der Waals surface area contributed by atoms with Crippen molar-refractivity contribution in [1.29, 1.82) is 0 Å². The fourth-order valence-electron chi connectivity index (χ4n) is 3.20. The molecule has 1 aromatic rings. The van der Waals surface area contributed by atoms with Gasteiger partial charge < -0.3 is 15.1 Å². The first-order valence-electron chi connectivity index (χ1n) is 8.97. The summed E-state index contributed by atoms with van der Waals surface area (Å²) in [6.07, 6.45) is 5.08. The van der Waals surface area contributed by atoms with Crippen LogP contribution in [0.5, 0.6) is 0 Å². The highest BCUT2D eigenvalue weighted by molar-refractivity contribution is 14.0. The molecule has 24 heavy (non-hydrogen) atoms.